The molecule has 0 radical (unpaired) electrons. The molecule has 0 bridgehead atoms. The molecule has 3 aromatic heterocycles. The lowest BCUT2D eigenvalue weighted by Crippen LogP contribution is -2.38. The van der Waals surface area contributed by atoms with Crippen LogP contribution in [0.15, 0.2) is 46.1 Å². The third-order valence-corrected chi connectivity index (χ3v) is 6.57. The molecule has 0 N–H and O–H groups in total. The summed E-state index contributed by atoms with van der Waals surface area (Å²) in [5, 5.41) is 1.24. The van der Waals surface area contributed by atoms with Crippen LogP contribution in [0.25, 0.3) is 21.1 Å². The van der Waals surface area contributed by atoms with Crippen molar-refractivity contribution in [2.45, 2.75) is 33.7 Å². The third-order valence-electron chi connectivity index (χ3n) is 5.36. The van der Waals surface area contributed by atoms with Gasteiger partial charge in [0, 0.05) is 36.5 Å². The Labute approximate surface area is 188 Å². The number of thiophene rings is 1. The van der Waals surface area contributed by atoms with Gasteiger partial charge in [-0.1, -0.05) is 32.0 Å². The maximum atomic E-state index is 13.1. The predicted octanol–water partition coefficient (Wildman–Crippen LogP) is 3.73. The van der Waals surface area contributed by atoms with Gasteiger partial charge >= 0.3 is 11.7 Å². The zero-order chi connectivity index (χ0) is 23.0. The van der Waals surface area contributed by atoms with E-state index < -0.39 is 11.5 Å². The SMILES string of the molecule is CCOC(=O)c1c(Cc2ccnc3ccccc23)sc2c1c(=O)n(C)c(=O)n2CC(C)C. The fourth-order valence-corrected chi connectivity index (χ4v) is 5.23. The molecule has 0 atom stereocenters. The number of carbonyl (C=O) groups is 1. The summed E-state index contributed by atoms with van der Waals surface area (Å²) in [5.74, 6) is -0.354. The van der Waals surface area contributed by atoms with E-state index in [0.717, 1.165) is 21.0 Å². The van der Waals surface area contributed by atoms with E-state index >= 15 is 0 Å². The van der Waals surface area contributed by atoms with Gasteiger partial charge in [-0.05, 0) is 30.5 Å². The topological polar surface area (TPSA) is 83.2 Å². The molecule has 0 unspecified atom stereocenters. The van der Waals surface area contributed by atoms with E-state index in [-0.39, 0.29) is 29.2 Å². The van der Waals surface area contributed by atoms with Crippen LogP contribution in [0.1, 0.15) is 41.6 Å². The minimum atomic E-state index is -0.543. The quantitative estimate of drug-likeness (QED) is 0.417. The van der Waals surface area contributed by atoms with Crippen molar-refractivity contribution in [3.63, 3.8) is 0 Å². The minimum Gasteiger partial charge on any atom is -0.462 e. The van der Waals surface area contributed by atoms with E-state index in [4.69, 9.17) is 4.74 Å². The molecule has 4 rings (SSSR count). The maximum absolute atomic E-state index is 13.1. The number of rotatable bonds is 6. The molecule has 0 aliphatic heterocycles. The molecule has 3 heterocycles. The summed E-state index contributed by atoms with van der Waals surface area (Å²) in [7, 11) is 1.45. The van der Waals surface area contributed by atoms with Crippen molar-refractivity contribution in [3.8, 4) is 0 Å². The van der Waals surface area contributed by atoms with E-state index in [1.165, 1.54) is 18.4 Å². The lowest BCUT2D eigenvalue weighted by molar-refractivity contribution is 0.0528. The van der Waals surface area contributed by atoms with Crippen molar-refractivity contribution in [2.24, 2.45) is 13.0 Å². The summed E-state index contributed by atoms with van der Waals surface area (Å²) in [6.07, 6.45) is 2.16. The van der Waals surface area contributed by atoms with Crippen LogP contribution in [0.3, 0.4) is 0 Å². The fourth-order valence-electron chi connectivity index (χ4n) is 3.93. The standard InChI is InChI=1S/C24H25N3O4S/c1-5-31-23(29)19-18(12-15-10-11-25-17-9-7-6-8-16(15)17)32-22-20(19)21(28)26(4)24(30)27(22)13-14(2)3/h6-11,14H,5,12-13H2,1-4H3. The van der Waals surface area contributed by atoms with Crippen LogP contribution < -0.4 is 11.2 Å². The average molecular weight is 452 g/mol. The number of benzene rings is 1. The first kappa shape index (κ1) is 22.0. The summed E-state index contributed by atoms with van der Waals surface area (Å²) in [5.41, 5.74) is 1.24. The van der Waals surface area contributed by atoms with Gasteiger partial charge in [-0.2, -0.15) is 0 Å². The Bertz CT molecular complexity index is 1440. The van der Waals surface area contributed by atoms with Gasteiger partial charge in [-0.25, -0.2) is 9.59 Å². The largest absolute Gasteiger partial charge is 0.462 e. The smallest absolute Gasteiger partial charge is 0.340 e. The summed E-state index contributed by atoms with van der Waals surface area (Å²) in [6, 6.07) is 9.72. The van der Waals surface area contributed by atoms with Gasteiger partial charge in [0.05, 0.1) is 23.1 Å². The monoisotopic (exact) mass is 451 g/mol. The van der Waals surface area contributed by atoms with Crippen molar-refractivity contribution >= 4 is 38.4 Å². The molecular weight excluding hydrogens is 426 g/mol. The molecule has 0 fully saturated rings. The maximum Gasteiger partial charge on any atom is 0.340 e. The number of esters is 1. The number of hydrogen-bond acceptors (Lipinski definition) is 6. The Morgan fingerprint density at radius 3 is 2.66 bits per heavy atom. The summed E-state index contributed by atoms with van der Waals surface area (Å²) in [6.45, 7) is 6.39. The number of para-hydroxylation sites is 1. The van der Waals surface area contributed by atoms with Gasteiger partial charge in [-0.3, -0.25) is 18.9 Å². The van der Waals surface area contributed by atoms with Gasteiger partial charge in [0.15, 0.2) is 0 Å². The number of ether oxygens (including phenoxy) is 1. The summed E-state index contributed by atoms with van der Waals surface area (Å²) >= 11 is 1.32. The first-order valence-corrected chi connectivity index (χ1v) is 11.4. The Hall–Kier alpha value is -3.26. The van der Waals surface area contributed by atoms with E-state index in [0.29, 0.717) is 22.7 Å². The molecule has 1 aromatic carbocycles. The highest BCUT2D eigenvalue weighted by Crippen LogP contribution is 2.33. The van der Waals surface area contributed by atoms with Crippen LogP contribution in [0.4, 0.5) is 0 Å². The van der Waals surface area contributed by atoms with Crippen LogP contribution in [-0.4, -0.2) is 26.7 Å². The Morgan fingerprint density at radius 1 is 1.19 bits per heavy atom. The Balaban J connectivity index is 2.02. The molecule has 0 saturated carbocycles. The van der Waals surface area contributed by atoms with Gasteiger partial charge in [-0.15, -0.1) is 11.3 Å². The van der Waals surface area contributed by atoms with Crippen molar-refractivity contribution in [1.82, 2.24) is 14.1 Å². The molecule has 166 valence electrons. The number of hydrogen-bond donors (Lipinski definition) is 0. The van der Waals surface area contributed by atoms with E-state index in [1.54, 1.807) is 17.7 Å². The molecule has 4 aromatic rings. The second-order valence-electron chi connectivity index (χ2n) is 8.12. The number of fused-ring (bicyclic) bond motifs is 2. The van der Waals surface area contributed by atoms with Crippen molar-refractivity contribution in [2.75, 3.05) is 6.61 Å². The van der Waals surface area contributed by atoms with Crippen LogP contribution in [0.5, 0.6) is 0 Å². The van der Waals surface area contributed by atoms with E-state index in [9.17, 15) is 14.4 Å². The number of carbonyl (C=O) groups excluding carboxylic acids is 1. The lowest BCUT2D eigenvalue weighted by atomic mass is 10.0. The second kappa shape index (κ2) is 8.70. The van der Waals surface area contributed by atoms with Crippen LogP contribution in [0, 0.1) is 5.92 Å². The van der Waals surface area contributed by atoms with E-state index in [2.05, 4.69) is 4.98 Å². The highest BCUT2D eigenvalue weighted by Gasteiger charge is 2.27. The Morgan fingerprint density at radius 2 is 1.94 bits per heavy atom. The summed E-state index contributed by atoms with van der Waals surface area (Å²) < 4.78 is 8.00. The Kier molecular flexibility index (Phi) is 5.97. The summed E-state index contributed by atoms with van der Waals surface area (Å²) in [4.78, 5) is 44.7. The van der Waals surface area contributed by atoms with E-state index in [1.807, 2.05) is 44.2 Å². The lowest BCUT2D eigenvalue weighted by Gasteiger charge is -2.11. The highest BCUT2D eigenvalue weighted by atomic mass is 32.1. The molecule has 0 aliphatic rings. The van der Waals surface area contributed by atoms with Gasteiger partial charge in [0.2, 0.25) is 0 Å². The molecule has 32 heavy (non-hydrogen) atoms. The molecular formula is C24H25N3O4S. The molecule has 0 amide bonds. The molecule has 0 saturated heterocycles. The highest BCUT2D eigenvalue weighted by molar-refractivity contribution is 7.19. The molecule has 8 heteroatoms. The zero-order valence-corrected chi connectivity index (χ0v) is 19.4. The fraction of sp³-hybridized carbons (Fsp3) is 0.333. The van der Waals surface area contributed by atoms with Crippen molar-refractivity contribution in [1.29, 1.82) is 0 Å². The first-order valence-electron chi connectivity index (χ1n) is 10.6. The van der Waals surface area contributed by atoms with Crippen LogP contribution >= 0.6 is 11.3 Å². The average Bonchev–Trinajstić information content (AvgIpc) is 3.14. The van der Waals surface area contributed by atoms with Crippen molar-refractivity contribution in [3.05, 3.63) is 73.4 Å². The minimum absolute atomic E-state index is 0.189. The van der Waals surface area contributed by atoms with Gasteiger partial charge in [0.25, 0.3) is 5.56 Å². The molecule has 0 aliphatic carbocycles. The predicted molar refractivity (Wildman–Crippen MR) is 127 cm³/mol. The number of aromatic nitrogens is 3. The van der Waals surface area contributed by atoms with Crippen LogP contribution in [0.2, 0.25) is 0 Å². The van der Waals surface area contributed by atoms with Gasteiger partial charge in [0.1, 0.15) is 4.83 Å². The third kappa shape index (κ3) is 3.75. The number of pyridine rings is 1. The van der Waals surface area contributed by atoms with Gasteiger partial charge < -0.3 is 4.74 Å². The van der Waals surface area contributed by atoms with Crippen molar-refractivity contribution < 1.29 is 9.53 Å². The second-order valence-corrected chi connectivity index (χ2v) is 9.20. The van der Waals surface area contributed by atoms with Crippen LogP contribution in [-0.2, 0) is 24.8 Å². The molecule has 7 nitrogen and oxygen atoms in total. The normalized spacial score (nSPS) is 11.5. The number of nitrogens with zero attached hydrogens (tertiary/aromatic N) is 3. The first-order chi connectivity index (χ1) is 15.3. The zero-order valence-electron chi connectivity index (χ0n) is 18.5. The molecule has 0 spiro atoms.